The molecule has 0 N–H and O–H groups in total. The van der Waals surface area contributed by atoms with Gasteiger partial charge in [0.05, 0.1) is 9.99 Å². The molecule has 0 saturated heterocycles. The molecule has 0 fully saturated rings. The van der Waals surface area contributed by atoms with Crippen LogP contribution in [0.4, 0.5) is 0 Å². The summed E-state index contributed by atoms with van der Waals surface area (Å²) in [5.74, 6) is 0.673. The standard InChI is InChI=1S/C14H14BrNO2/c1-8-6-9(2)16-11-4-5-12(14(15)13(8)11)18-7-10(3)17/h4-6H,7H2,1-3H3. The van der Waals surface area contributed by atoms with Gasteiger partial charge >= 0.3 is 0 Å². The maximum atomic E-state index is 11.0. The van der Waals surface area contributed by atoms with Gasteiger partial charge in [0.1, 0.15) is 12.4 Å². The van der Waals surface area contributed by atoms with E-state index in [4.69, 9.17) is 4.74 Å². The Hall–Kier alpha value is -1.42. The maximum absolute atomic E-state index is 11.0. The molecular weight excluding hydrogens is 294 g/mol. The van der Waals surface area contributed by atoms with Gasteiger partial charge < -0.3 is 4.74 Å². The molecule has 0 aliphatic carbocycles. The summed E-state index contributed by atoms with van der Waals surface area (Å²) in [4.78, 5) is 15.4. The van der Waals surface area contributed by atoms with E-state index in [0.29, 0.717) is 5.75 Å². The number of Topliss-reactive ketones (excluding diaryl/α,β-unsaturated/α-hetero) is 1. The highest BCUT2D eigenvalue weighted by Crippen LogP contribution is 2.34. The quantitative estimate of drug-likeness (QED) is 0.870. The number of aryl methyl sites for hydroxylation is 2. The fourth-order valence-corrected chi connectivity index (χ4v) is 2.68. The number of ketones is 1. The topological polar surface area (TPSA) is 39.2 Å². The number of carbonyl (C=O) groups is 1. The Bertz CT molecular complexity index is 623. The number of hydrogen-bond donors (Lipinski definition) is 0. The number of nitrogens with zero attached hydrogens (tertiary/aromatic N) is 1. The fraction of sp³-hybridized carbons (Fsp3) is 0.286. The van der Waals surface area contributed by atoms with Crippen LogP contribution >= 0.6 is 15.9 Å². The maximum Gasteiger partial charge on any atom is 0.167 e. The number of ether oxygens (including phenoxy) is 1. The van der Waals surface area contributed by atoms with Crippen molar-refractivity contribution in [1.82, 2.24) is 4.98 Å². The van der Waals surface area contributed by atoms with Gasteiger partial charge in [0.15, 0.2) is 5.78 Å². The van der Waals surface area contributed by atoms with Gasteiger partial charge in [0.2, 0.25) is 0 Å². The minimum absolute atomic E-state index is 0.000694. The highest BCUT2D eigenvalue weighted by atomic mass is 79.9. The van der Waals surface area contributed by atoms with Gasteiger partial charge in [-0.25, -0.2) is 0 Å². The third-order valence-corrected chi connectivity index (χ3v) is 3.42. The van der Waals surface area contributed by atoms with Gasteiger partial charge in [-0.15, -0.1) is 0 Å². The van der Waals surface area contributed by atoms with Crippen molar-refractivity contribution in [2.75, 3.05) is 6.61 Å². The predicted octanol–water partition coefficient (Wildman–Crippen LogP) is 3.58. The molecule has 0 amide bonds. The molecule has 0 radical (unpaired) electrons. The summed E-state index contributed by atoms with van der Waals surface area (Å²) in [5, 5.41) is 1.03. The van der Waals surface area contributed by atoms with E-state index in [1.54, 1.807) is 0 Å². The van der Waals surface area contributed by atoms with Gasteiger partial charge in [-0.3, -0.25) is 9.78 Å². The number of aromatic nitrogens is 1. The van der Waals surface area contributed by atoms with E-state index < -0.39 is 0 Å². The summed E-state index contributed by atoms with van der Waals surface area (Å²) in [6.45, 7) is 5.60. The lowest BCUT2D eigenvalue weighted by Gasteiger charge is -2.11. The van der Waals surface area contributed by atoms with Crippen LogP contribution in [0.15, 0.2) is 22.7 Å². The SMILES string of the molecule is CC(=O)COc1ccc2nc(C)cc(C)c2c1Br. The lowest BCUT2D eigenvalue weighted by molar-refractivity contribution is -0.118. The zero-order chi connectivity index (χ0) is 13.3. The van der Waals surface area contributed by atoms with E-state index in [-0.39, 0.29) is 12.4 Å². The van der Waals surface area contributed by atoms with Crippen molar-refractivity contribution in [2.45, 2.75) is 20.8 Å². The number of rotatable bonds is 3. The largest absolute Gasteiger partial charge is 0.485 e. The molecule has 0 aliphatic rings. The van der Waals surface area contributed by atoms with Gasteiger partial charge in [-0.05, 0) is 60.5 Å². The lowest BCUT2D eigenvalue weighted by Crippen LogP contribution is -2.07. The average molecular weight is 308 g/mol. The van der Waals surface area contributed by atoms with Crippen LogP contribution in [0, 0.1) is 13.8 Å². The minimum atomic E-state index is 0.000694. The van der Waals surface area contributed by atoms with E-state index in [1.165, 1.54) is 6.92 Å². The van der Waals surface area contributed by atoms with Crippen molar-refractivity contribution in [2.24, 2.45) is 0 Å². The molecule has 2 rings (SSSR count). The van der Waals surface area contributed by atoms with E-state index in [2.05, 4.69) is 20.9 Å². The normalized spacial score (nSPS) is 10.7. The Morgan fingerprint density at radius 3 is 2.78 bits per heavy atom. The number of carbonyl (C=O) groups excluding carboxylic acids is 1. The smallest absolute Gasteiger partial charge is 0.167 e. The molecule has 2 aromatic rings. The van der Waals surface area contributed by atoms with Crippen LogP contribution in [-0.4, -0.2) is 17.4 Å². The second kappa shape index (κ2) is 5.06. The van der Waals surface area contributed by atoms with Crippen molar-refractivity contribution in [3.05, 3.63) is 33.9 Å². The Morgan fingerprint density at radius 2 is 2.11 bits per heavy atom. The molecule has 0 atom stereocenters. The van der Waals surface area contributed by atoms with E-state index in [1.807, 2.05) is 32.0 Å². The summed E-state index contributed by atoms with van der Waals surface area (Å²) in [6, 6.07) is 5.78. The molecule has 0 bridgehead atoms. The molecule has 3 nitrogen and oxygen atoms in total. The van der Waals surface area contributed by atoms with Crippen LogP contribution in [0.3, 0.4) is 0 Å². The Balaban J connectivity index is 2.53. The van der Waals surface area contributed by atoms with Crippen LogP contribution in [0.5, 0.6) is 5.75 Å². The van der Waals surface area contributed by atoms with E-state index in [0.717, 1.165) is 26.6 Å². The van der Waals surface area contributed by atoms with Gasteiger partial charge in [0, 0.05) is 11.1 Å². The molecule has 0 saturated carbocycles. The molecule has 18 heavy (non-hydrogen) atoms. The second-order valence-electron chi connectivity index (χ2n) is 4.34. The zero-order valence-corrected chi connectivity index (χ0v) is 12.2. The summed E-state index contributed by atoms with van der Waals surface area (Å²) < 4.78 is 6.32. The monoisotopic (exact) mass is 307 g/mol. The van der Waals surface area contributed by atoms with Crippen molar-refractivity contribution in [3.8, 4) is 5.75 Å². The molecule has 1 aromatic heterocycles. The van der Waals surface area contributed by atoms with Gasteiger partial charge in [0.25, 0.3) is 0 Å². The number of benzene rings is 1. The molecule has 0 spiro atoms. The van der Waals surface area contributed by atoms with Crippen molar-refractivity contribution >= 4 is 32.6 Å². The van der Waals surface area contributed by atoms with Crippen LogP contribution in [0.2, 0.25) is 0 Å². The average Bonchev–Trinajstić information content (AvgIpc) is 2.26. The first-order valence-corrected chi connectivity index (χ1v) is 6.47. The van der Waals surface area contributed by atoms with Crippen LogP contribution in [0.25, 0.3) is 10.9 Å². The molecule has 94 valence electrons. The van der Waals surface area contributed by atoms with Crippen molar-refractivity contribution in [1.29, 1.82) is 0 Å². The Labute approximate surface area is 114 Å². The summed E-state index contributed by atoms with van der Waals surface area (Å²) >= 11 is 3.53. The van der Waals surface area contributed by atoms with Gasteiger partial charge in [-0.1, -0.05) is 0 Å². The number of pyridine rings is 1. The molecule has 0 aliphatic heterocycles. The molecular formula is C14H14BrNO2. The summed E-state index contributed by atoms with van der Waals surface area (Å²) in [7, 11) is 0. The summed E-state index contributed by atoms with van der Waals surface area (Å²) in [5.41, 5.74) is 3.05. The molecule has 1 aromatic carbocycles. The number of halogens is 1. The van der Waals surface area contributed by atoms with Crippen molar-refractivity contribution in [3.63, 3.8) is 0 Å². The third-order valence-electron chi connectivity index (χ3n) is 2.63. The van der Waals surface area contributed by atoms with E-state index in [9.17, 15) is 4.79 Å². The van der Waals surface area contributed by atoms with Crippen LogP contribution in [-0.2, 0) is 4.79 Å². The van der Waals surface area contributed by atoms with Crippen molar-refractivity contribution < 1.29 is 9.53 Å². The molecule has 1 heterocycles. The third kappa shape index (κ3) is 2.53. The summed E-state index contributed by atoms with van der Waals surface area (Å²) in [6.07, 6.45) is 0. The number of fused-ring (bicyclic) bond motifs is 1. The fourth-order valence-electron chi connectivity index (χ4n) is 1.91. The molecule has 0 unspecified atom stereocenters. The molecule has 4 heteroatoms. The first-order valence-electron chi connectivity index (χ1n) is 5.67. The minimum Gasteiger partial charge on any atom is -0.485 e. The Kier molecular flexibility index (Phi) is 3.66. The zero-order valence-electron chi connectivity index (χ0n) is 10.6. The lowest BCUT2D eigenvalue weighted by atomic mass is 10.1. The van der Waals surface area contributed by atoms with Crippen LogP contribution < -0.4 is 4.74 Å². The van der Waals surface area contributed by atoms with E-state index >= 15 is 0 Å². The van der Waals surface area contributed by atoms with Gasteiger partial charge in [-0.2, -0.15) is 0 Å². The number of hydrogen-bond acceptors (Lipinski definition) is 3. The van der Waals surface area contributed by atoms with Crippen LogP contribution in [0.1, 0.15) is 18.2 Å². The first-order chi connectivity index (χ1) is 8.49. The highest BCUT2D eigenvalue weighted by Gasteiger charge is 2.10. The second-order valence-corrected chi connectivity index (χ2v) is 5.14. The highest BCUT2D eigenvalue weighted by molar-refractivity contribution is 9.10. The Morgan fingerprint density at radius 1 is 1.39 bits per heavy atom. The predicted molar refractivity (Wildman–Crippen MR) is 75.1 cm³/mol. The first kappa shape index (κ1) is 13.0.